The van der Waals surface area contributed by atoms with Crippen LogP contribution in [0.15, 0.2) is 72.9 Å². The molecule has 0 aliphatic heterocycles. The predicted octanol–water partition coefficient (Wildman–Crippen LogP) is 19.8. The number of allylic oxidation sites excluding steroid dienone is 12. The molecular formula is C63H110O6. The summed E-state index contributed by atoms with van der Waals surface area (Å²) in [6.07, 6.45) is 73.2. The maximum atomic E-state index is 12.9. The molecule has 6 nitrogen and oxygen atoms in total. The fourth-order valence-corrected chi connectivity index (χ4v) is 8.19. The van der Waals surface area contributed by atoms with Gasteiger partial charge in [0.25, 0.3) is 0 Å². The van der Waals surface area contributed by atoms with Crippen LogP contribution in [0.4, 0.5) is 0 Å². The first-order chi connectivity index (χ1) is 34.0. The molecule has 0 saturated carbocycles. The molecule has 1 atom stereocenters. The highest BCUT2D eigenvalue weighted by Crippen LogP contribution is 2.15. The Morgan fingerprint density at radius 3 is 0.913 bits per heavy atom. The second kappa shape index (κ2) is 57.4. The maximum absolute atomic E-state index is 12.9. The zero-order chi connectivity index (χ0) is 50.0. The minimum Gasteiger partial charge on any atom is -0.462 e. The summed E-state index contributed by atoms with van der Waals surface area (Å²) in [5.41, 5.74) is 0. The monoisotopic (exact) mass is 963 g/mol. The van der Waals surface area contributed by atoms with Crippen LogP contribution in [0.3, 0.4) is 0 Å². The van der Waals surface area contributed by atoms with Crippen molar-refractivity contribution in [3.8, 4) is 0 Å². The van der Waals surface area contributed by atoms with Crippen LogP contribution in [0.5, 0.6) is 0 Å². The first-order valence-electron chi connectivity index (χ1n) is 29.4. The summed E-state index contributed by atoms with van der Waals surface area (Å²) >= 11 is 0. The lowest BCUT2D eigenvalue weighted by atomic mass is 10.1. The highest BCUT2D eigenvalue weighted by Gasteiger charge is 2.19. The van der Waals surface area contributed by atoms with Crippen molar-refractivity contribution < 1.29 is 28.6 Å². The molecule has 1 unspecified atom stereocenters. The number of hydrogen-bond donors (Lipinski definition) is 0. The van der Waals surface area contributed by atoms with Crippen LogP contribution < -0.4 is 0 Å². The lowest BCUT2D eigenvalue weighted by Crippen LogP contribution is -2.30. The molecule has 0 spiro atoms. The van der Waals surface area contributed by atoms with Gasteiger partial charge in [0, 0.05) is 19.3 Å². The van der Waals surface area contributed by atoms with Crippen LogP contribution in [0.25, 0.3) is 0 Å². The molecule has 398 valence electrons. The van der Waals surface area contributed by atoms with E-state index in [4.69, 9.17) is 14.2 Å². The molecule has 6 heteroatoms. The van der Waals surface area contributed by atoms with Gasteiger partial charge in [-0.2, -0.15) is 0 Å². The van der Waals surface area contributed by atoms with Crippen LogP contribution in [0.2, 0.25) is 0 Å². The molecule has 0 fully saturated rings. The molecule has 0 aromatic heterocycles. The Balaban J connectivity index is 4.46. The molecule has 0 aliphatic carbocycles. The smallest absolute Gasteiger partial charge is 0.306 e. The molecule has 0 aliphatic rings. The van der Waals surface area contributed by atoms with Gasteiger partial charge in [0.2, 0.25) is 0 Å². The second-order valence-electron chi connectivity index (χ2n) is 19.5. The quantitative estimate of drug-likeness (QED) is 0.0262. The molecule has 0 radical (unpaired) electrons. The first kappa shape index (κ1) is 65.8. The van der Waals surface area contributed by atoms with Crippen molar-refractivity contribution in [1.29, 1.82) is 0 Å². The van der Waals surface area contributed by atoms with Gasteiger partial charge in [-0.1, -0.05) is 235 Å². The van der Waals surface area contributed by atoms with Crippen molar-refractivity contribution in [2.75, 3.05) is 13.2 Å². The molecule has 0 amide bonds. The van der Waals surface area contributed by atoms with E-state index >= 15 is 0 Å². The van der Waals surface area contributed by atoms with E-state index in [1.807, 2.05) is 0 Å². The van der Waals surface area contributed by atoms with Crippen molar-refractivity contribution >= 4 is 17.9 Å². The summed E-state index contributed by atoms with van der Waals surface area (Å²) in [6.45, 7) is 6.57. The molecule has 0 rings (SSSR count). The molecule has 0 aromatic rings. The Hall–Kier alpha value is -3.15. The number of carbonyl (C=O) groups is 3. The van der Waals surface area contributed by atoms with Gasteiger partial charge in [0.1, 0.15) is 13.2 Å². The SMILES string of the molecule is CCCCC/C=C\C/C=C\CCCCCCCCCC(=O)OC(COC(=O)CCC/C=C\C/C=C\C/C=C\CCCCCCCC)COC(=O)CCCCCCCCC/C=C\CCCCCCCC. The van der Waals surface area contributed by atoms with E-state index in [2.05, 4.69) is 93.7 Å². The van der Waals surface area contributed by atoms with Gasteiger partial charge < -0.3 is 14.2 Å². The molecule has 0 saturated heterocycles. The summed E-state index contributed by atoms with van der Waals surface area (Å²) in [6, 6.07) is 0. The minimum absolute atomic E-state index is 0.0959. The number of esters is 3. The molecule has 0 N–H and O–H groups in total. The van der Waals surface area contributed by atoms with Gasteiger partial charge in [-0.25, -0.2) is 0 Å². The third kappa shape index (κ3) is 55.6. The van der Waals surface area contributed by atoms with Gasteiger partial charge in [-0.3, -0.25) is 14.4 Å². The third-order valence-electron chi connectivity index (χ3n) is 12.7. The number of unbranched alkanes of at least 4 members (excludes halogenated alkanes) is 30. The topological polar surface area (TPSA) is 78.9 Å². The fourth-order valence-electron chi connectivity index (χ4n) is 8.19. The average Bonchev–Trinajstić information content (AvgIpc) is 3.35. The molecule has 0 bridgehead atoms. The zero-order valence-corrected chi connectivity index (χ0v) is 45.6. The van der Waals surface area contributed by atoms with Crippen LogP contribution in [-0.4, -0.2) is 37.2 Å². The van der Waals surface area contributed by atoms with Gasteiger partial charge >= 0.3 is 17.9 Å². The van der Waals surface area contributed by atoms with Crippen molar-refractivity contribution in [3.05, 3.63) is 72.9 Å². The van der Waals surface area contributed by atoms with Gasteiger partial charge in [0.05, 0.1) is 0 Å². The van der Waals surface area contributed by atoms with Gasteiger partial charge in [-0.15, -0.1) is 0 Å². The fraction of sp³-hybridized carbons (Fsp3) is 0.762. The van der Waals surface area contributed by atoms with Crippen LogP contribution in [0.1, 0.15) is 290 Å². The van der Waals surface area contributed by atoms with Crippen LogP contribution in [-0.2, 0) is 28.6 Å². The van der Waals surface area contributed by atoms with Crippen molar-refractivity contribution in [1.82, 2.24) is 0 Å². The number of hydrogen-bond acceptors (Lipinski definition) is 6. The maximum Gasteiger partial charge on any atom is 0.306 e. The van der Waals surface area contributed by atoms with Gasteiger partial charge in [-0.05, 0) is 109 Å². The van der Waals surface area contributed by atoms with Crippen molar-refractivity contribution in [2.24, 2.45) is 0 Å². The highest BCUT2D eigenvalue weighted by molar-refractivity contribution is 5.71. The lowest BCUT2D eigenvalue weighted by molar-refractivity contribution is -0.167. The van der Waals surface area contributed by atoms with E-state index in [1.165, 1.54) is 173 Å². The van der Waals surface area contributed by atoms with E-state index in [0.717, 1.165) is 70.6 Å². The largest absolute Gasteiger partial charge is 0.462 e. The van der Waals surface area contributed by atoms with Crippen LogP contribution in [0, 0.1) is 0 Å². The molecule has 0 aromatic carbocycles. The van der Waals surface area contributed by atoms with Gasteiger partial charge in [0.15, 0.2) is 6.10 Å². The Morgan fingerprint density at radius 2 is 0.536 bits per heavy atom. The lowest BCUT2D eigenvalue weighted by Gasteiger charge is -2.18. The number of ether oxygens (including phenoxy) is 3. The zero-order valence-electron chi connectivity index (χ0n) is 45.6. The number of carbonyl (C=O) groups excluding carboxylic acids is 3. The van der Waals surface area contributed by atoms with E-state index in [0.29, 0.717) is 19.3 Å². The number of rotatable bonds is 53. The minimum atomic E-state index is -0.802. The van der Waals surface area contributed by atoms with Crippen molar-refractivity contribution in [2.45, 2.75) is 297 Å². The Labute approximate surface area is 427 Å². The Morgan fingerprint density at radius 1 is 0.290 bits per heavy atom. The highest BCUT2D eigenvalue weighted by atomic mass is 16.6. The Kier molecular flexibility index (Phi) is 54.8. The normalized spacial score (nSPS) is 12.6. The standard InChI is InChI=1S/C63H110O6/c1-4-7-10-13-16-19-22-25-28-31-34-37-40-43-46-49-52-55-61(64)67-58-60(69-63(66)57-54-51-48-45-42-39-36-33-30-27-24-21-18-15-12-9-6-3)59-68-62(65)56-53-50-47-44-41-38-35-32-29-26-23-20-17-14-11-8-5-2/h18,21,25-30,34,37,43,46,60H,4-17,19-20,22-24,31-33,35-36,38-42,44-45,47-59H2,1-3H3/b21-18-,28-25-,29-26-,30-27-,37-34-,46-43-. The summed E-state index contributed by atoms with van der Waals surface area (Å²) in [5.74, 6) is -0.954. The van der Waals surface area contributed by atoms with E-state index in [9.17, 15) is 14.4 Å². The summed E-state index contributed by atoms with van der Waals surface area (Å²) in [4.78, 5) is 38.2. The summed E-state index contributed by atoms with van der Waals surface area (Å²) in [7, 11) is 0. The Bertz CT molecular complexity index is 1290. The van der Waals surface area contributed by atoms with E-state index in [1.54, 1.807) is 0 Å². The summed E-state index contributed by atoms with van der Waals surface area (Å²) < 4.78 is 16.8. The second-order valence-corrected chi connectivity index (χ2v) is 19.5. The van der Waals surface area contributed by atoms with E-state index in [-0.39, 0.29) is 37.5 Å². The predicted molar refractivity (Wildman–Crippen MR) is 298 cm³/mol. The molecule has 69 heavy (non-hydrogen) atoms. The molecular weight excluding hydrogens is 853 g/mol. The summed E-state index contributed by atoms with van der Waals surface area (Å²) in [5, 5.41) is 0. The third-order valence-corrected chi connectivity index (χ3v) is 12.7. The van der Waals surface area contributed by atoms with Crippen molar-refractivity contribution in [3.63, 3.8) is 0 Å². The van der Waals surface area contributed by atoms with Crippen LogP contribution >= 0.6 is 0 Å². The van der Waals surface area contributed by atoms with E-state index < -0.39 is 6.10 Å². The first-order valence-corrected chi connectivity index (χ1v) is 29.4. The molecule has 0 heterocycles. The average molecular weight is 964 g/mol.